The average molecular weight is 284 g/mol. The molecule has 20 heavy (non-hydrogen) atoms. The zero-order chi connectivity index (χ0) is 13.9. The van der Waals surface area contributed by atoms with Crippen molar-refractivity contribution in [2.24, 2.45) is 0 Å². The number of furan rings is 1. The Hall–Kier alpha value is -2.51. The molecule has 0 radical (unpaired) electrons. The summed E-state index contributed by atoms with van der Waals surface area (Å²) in [5, 5.41) is 13.5. The molecule has 1 aromatic carbocycles. The van der Waals surface area contributed by atoms with Crippen molar-refractivity contribution in [2.75, 3.05) is 5.32 Å². The van der Waals surface area contributed by atoms with Crippen molar-refractivity contribution >= 4 is 28.2 Å². The molecule has 3 rings (SSSR count). The number of nitriles is 1. The van der Waals surface area contributed by atoms with Crippen LogP contribution in [-0.2, 0) is 6.54 Å². The summed E-state index contributed by atoms with van der Waals surface area (Å²) in [5.74, 6) is 1.00. The van der Waals surface area contributed by atoms with Crippen LogP contribution >= 0.6 is 11.6 Å². The lowest BCUT2D eigenvalue weighted by Gasteiger charge is -2.08. The Balaban J connectivity index is 1.88. The molecule has 0 spiro atoms. The Morgan fingerprint density at radius 1 is 1.25 bits per heavy atom. The zero-order valence-corrected chi connectivity index (χ0v) is 11.2. The third kappa shape index (κ3) is 2.31. The molecule has 0 fully saturated rings. The van der Waals surface area contributed by atoms with Gasteiger partial charge in [0.25, 0.3) is 0 Å². The molecular weight excluding hydrogens is 274 g/mol. The summed E-state index contributed by atoms with van der Waals surface area (Å²) in [6, 6.07) is 12.9. The van der Waals surface area contributed by atoms with Crippen LogP contribution in [-0.4, -0.2) is 4.98 Å². The first-order valence-corrected chi connectivity index (χ1v) is 6.41. The fourth-order valence-corrected chi connectivity index (χ4v) is 2.21. The quantitative estimate of drug-likeness (QED) is 0.790. The maximum Gasteiger partial charge on any atom is 0.203 e. The Kier molecular flexibility index (Phi) is 3.28. The first-order valence-electron chi connectivity index (χ1n) is 6.04. The molecule has 5 heteroatoms. The van der Waals surface area contributed by atoms with E-state index < -0.39 is 0 Å². The van der Waals surface area contributed by atoms with Crippen LogP contribution in [0.4, 0.5) is 5.69 Å². The second-order valence-electron chi connectivity index (χ2n) is 4.23. The van der Waals surface area contributed by atoms with Crippen LogP contribution in [0.2, 0.25) is 5.02 Å². The molecule has 1 N–H and O–H groups in total. The van der Waals surface area contributed by atoms with E-state index in [0.717, 1.165) is 16.6 Å². The largest absolute Gasteiger partial charge is 0.449 e. The Morgan fingerprint density at radius 2 is 2.15 bits per heavy atom. The van der Waals surface area contributed by atoms with E-state index in [1.807, 2.05) is 30.3 Å². The Morgan fingerprint density at radius 3 is 2.95 bits per heavy atom. The van der Waals surface area contributed by atoms with E-state index in [4.69, 9.17) is 21.3 Å². The van der Waals surface area contributed by atoms with Gasteiger partial charge in [-0.15, -0.1) is 0 Å². The Labute approximate surface area is 120 Å². The van der Waals surface area contributed by atoms with Gasteiger partial charge in [-0.3, -0.25) is 4.98 Å². The third-order valence-electron chi connectivity index (χ3n) is 2.94. The van der Waals surface area contributed by atoms with Gasteiger partial charge in [0.1, 0.15) is 11.8 Å². The molecular formula is C15H10ClN3O. The van der Waals surface area contributed by atoms with Crippen LogP contribution < -0.4 is 5.32 Å². The lowest BCUT2D eigenvalue weighted by Crippen LogP contribution is -1.99. The maximum atomic E-state index is 8.72. The average Bonchev–Trinajstić information content (AvgIpc) is 2.95. The predicted octanol–water partition coefficient (Wildman–Crippen LogP) is 3.96. The minimum absolute atomic E-state index is 0.306. The van der Waals surface area contributed by atoms with Crippen molar-refractivity contribution in [1.29, 1.82) is 5.26 Å². The van der Waals surface area contributed by atoms with Gasteiger partial charge in [0.2, 0.25) is 5.76 Å². The lowest BCUT2D eigenvalue weighted by molar-refractivity contribution is 0.506. The van der Waals surface area contributed by atoms with Crippen molar-refractivity contribution < 1.29 is 4.42 Å². The van der Waals surface area contributed by atoms with Gasteiger partial charge in [-0.05, 0) is 36.4 Å². The van der Waals surface area contributed by atoms with Crippen molar-refractivity contribution in [1.82, 2.24) is 4.98 Å². The molecule has 0 saturated carbocycles. The minimum atomic E-state index is 0.306. The van der Waals surface area contributed by atoms with Crippen molar-refractivity contribution in [3.05, 3.63) is 59.1 Å². The SMILES string of the molecule is N#Cc1ccc(CNc2ccc(Cl)c3cccnc23)o1. The highest BCUT2D eigenvalue weighted by Gasteiger charge is 2.06. The second kappa shape index (κ2) is 5.24. The van der Waals surface area contributed by atoms with Gasteiger partial charge in [0.05, 0.1) is 22.8 Å². The highest BCUT2D eigenvalue weighted by atomic mass is 35.5. The van der Waals surface area contributed by atoms with Gasteiger partial charge < -0.3 is 9.73 Å². The molecule has 4 nitrogen and oxygen atoms in total. The van der Waals surface area contributed by atoms with Crippen LogP contribution in [0.25, 0.3) is 10.9 Å². The number of benzene rings is 1. The zero-order valence-electron chi connectivity index (χ0n) is 10.4. The number of pyridine rings is 1. The molecule has 0 aliphatic rings. The van der Waals surface area contributed by atoms with Gasteiger partial charge in [-0.1, -0.05) is 11.6 Å². The molecule has 0 amide bonds. The van der Waals surface area contributed by atoms with Gasteiger partial charge in [-0.25, -0.2) is 0 Å². The number of fused-ring (bicyclic) bond motifs is 1. The number of hydrogen-bond acceptors (Lipinski definition) is 4. The molecule has 3 aromatic rings. The number of aromatic nitrogens is 1. The van der Waals surface area contributed by atoms with Gasteiger partial charge in [0, 0.05) is 11.6 Å². The minimum Gasteiger partial charge on any atom is -0.449 e. The molecule has 98 valence electrons. The molecule has 0 saturated heterocycles. The van der Waals surface area contributed by atoms with E-state index in [0.29, 0.717) is 23.1 Å². The summed E-state index contributed by atoms with van der Waals surface area (Å²) in [6.07, 6.45) is 1.73. The number of halogens is 1. The van der Waals surface area contributed by atoms with Gasteiger partial charge >= 0.3 is 0 Å². The first-order chi connectivity index (χ1) is 9.78. The third-order valence-corrected chi connectivity index (χ3v) is 3.27. The van der Waals surface area contributed by atoms with E-state index in [9.17, 15) is 0 Å². The van der Waals surface area contributed by atoms with E-state index in [-0.39, 0.29) is 0 Å². The molecule has 0 bridgehead atoms. The summed E-state index contributed by atoms with van der Waals surface area (Å²) in [7, 11) is 0. The normalized spacial score (nSPS) is 10.4. The highest BCUT2D eigenvalue weighted by Crippen LogP contribution is 2.28. The maximum absolute atomic E-state index is 8.72. The van der Waals surface area contributed by atoms with Crippen LogP contribution in [0.15, 0.2) is 47.0 Å². The van der Waals surface area contributed by atoms with Gasteiger partial charge in [0.15, 0.2) is 0 Å². The first kappa shape index (κ1) is 12.5. The smallest absolute Gasteiger partial charge is 0.203 e. The summed E-state index contributed by atoms with van der Waals surface area (Å²) in [4.78, 5) is 4.35. The molecule has 0 atom stereocenters. The van der Waals surface area contributed by atoms with Crippen LogP contribution in [0, 0.1) is 11.3 Å². The fraction of sp³-hybridized carbons (Fsp3) is 0.0667. The van der Waals surface area contributed by atoms with E-state index in [2.05, 4.69) is 10.3 Å². The van der Waals surface area contributed by atoms with Crippen molar-refractivity contribution in [2.45, 2.75) is 6.54 Å². The van der Waals surface area contributed by atoms with Crippen LogP contribution in [0.5, 0.6) is 0 Å². The summed E-state index contributed by atoms with van der Waals surface area (Å²) in [6.45, 7) is 0.481. The molecule has 2 aromatic heterocycles. The number of nitrogens with zero attached hydrogens (tertiary/aromatic N) is 2. The summed E-state index contributed by atoms with van der Waals surface area (Å²) >= 11 is 6.15. The fourth-order valence-electron chi connectivity index (χ4n) is 2.00. The van der Waals surface area contributed by atoms with Crippen LogP contribution in [0.1, 0.15) is 11.5 Å². The number of rotatable bonds is 3. The highest BCUT2D eigenvalue weighted by molar-refractivity contribution is 6.35. The molecule has 0 unspecified atom stereocenters. The second-order valence-corrected chi connectivity index (χ2v) is 4.63. The van der Waals surface area contributed by atoms with E-state index >= 15 is 0 Å². The molecule has 0 aliphatic carbocycles. The lowest BCUT2D eigenvalue weighted by atomic mass is 10.2. The monoisotopic (exact) mass is 283 g/mol. The van der Waals surface area contributed by atoms with E-state index in [1.54, 1.807) is 18.3 Å². The summed E-state index contributed by atoms with van der Waals surface area (Å²) < 4.78 is 5.32. The summed E-state index contributed by atoms with van der Waals surface area (Å²) in [5.41, 5.74) is 1.69. The molecule has 2 heterocycles. The van der Waals surface area contributed by atoms with Crippen LogP contribution in [0.3, 0.4) is 0 Å². The van der Waals surface area contributed by atoms with Crippen molar-refractivity contribution in [3.63, 3.8) is 0 Å². The number of nitrogens with one attached hydrogen (secondary N) is 1. The predicted molar refractivity (Wildman–Crippen MR) is 77.5 cm³/mol. The molecule has 0 aliphatic heterocycles. The number of hydrogen-bond donors (Lipinski definition) is 1. The Bertz CT molecular complexity index is 804. The van der Waals surface area contributed by atoms with Crippen molar-refractivity contribution in [3.8, 4) is 6.07 Å². The number of anilines is 1. The van der Waals surface area contributed by atoms with E-state index in [1.165, 1.54) is 0 Å². The topological polar surface area (TPSA) is 61.9 Å². The van der Waals surface area contributed by atoms with Gasteiger partial charge in [-0.2, -0.15) is 5.26 Å². The standard InChI is InChI=1S/C15H10ClN3O/c16-13-5-6-14(15-12(13)2-1-7-18-15)19-9-11-4-3-10(8-17)20-11/h1-7,19H,9H2.